The summed E-state index contributed by atoms with van der Waals surface area (Å²) < 4.78 is 1.76. The van der Waals surface area contributed by atoms with Crippen molar-refractivity contribution in [2.45, 2.75) is 37.8 Å². The van der Waals surface area contributed by atoms with E-state index in [2.05, 4.69) is 0 Å². The molecule has 20 heavy (non-hydrogen) atoms. The van der Waals surface area contributed by atoms with Crippen molar-refractivity contribution in [1.82, 2.24) is 9.47 Å². The van der Waals surface area contributed by atoms with E-state index in [1.54, 1.807) is 9.47 Å². The monoisotopic (exact) mass is 278 g/mol. The van der Waals surface area contributed by atoms with Gasteiger partial charge in [-0.3, -0.25) is 14.9 Å². The summed E-state index contributed by atoms with van der Waals surface area (Å²) in [5, 5.41) is 10.9. The highest BCUT2D eigenvalue weighted by Gasteiger charge is 2.33. The van der Waals surface area contributed by atoms with Gasteiger partial charge in [0.25, 0.3) is 11.6 Å². The van der Waals surface area contributed by atoms with E-state index in [1.165, 1.54) is 12.3 Å². The first kappa shape index (κ1) is 13.1. The average Bonchev–Trinajstić information content (AvgIpc) is 3.16. The quantitative estimate of drug-likeness (QED) is 0.666. The van der Waals surface area contributed by atoms with Crippen LogP contribution in [0.15, 0.2) is 12.3 Å². The summed E-state index contributed by atoms with van der Waals surface area (Å²) in [4.78, 5) is 24.7. The Morgan fingerprint density at radius 3 is 2.75 bits per heavy atom. The van der Waals surface area contributed by atoms with Crippen molar-refractivity contribution < 1.29 is 9.72 Å². The molecular weight excluding hydrogens is 260 g/mol. The standard InChI is InChI=1S/C13H18N4O3/c14-9-2-1-5-15(7-9)13(18)12-6-11(17(19)20)8-16(12)10-3-4-10/h6,8-10H,1-5,7,14H2/t9-/m1/s1. The lowest BCUT2D eigenvalue weighted by Gasteiger charge is -2.30. The lowest BCUT2D eigenvalue weighted by Crippen LogP contribution is -2.46. The maximum absolute atomic E-state index is 12.6. The van der Waals surface area contributed by atoms with Gasteiger partial charge in [-0.05, 0) is 25.7 Å². The molecular formula is C13H18N4O3. The number of amides is 1. The first-order valence-electron chi connectivity index (χ1n) is 6.97. The topological polar surface area (TPSA) is 94.4 Å². The summed E-state index contributed by atoms with van der Waals surface area (Å²) in [6.07, 6.45) is 5.25. The molecule has 1 aliphatic carbocycles. The molecule has 1 amide bonds. The highest BCUT2D eigenvalue weighted by atomic mass is 16.6. The number of nitrogens with zero attached hydrogens (tertiary/aromatic N) is 3. The fourth-order valence-electron chi connectivity index (χ4n) is 2.75. The van der Waals surface area contributed by atoms with Crippen LogP contribution in [0.5, 0.6) is 0 Å². The Kier molecular flexibility index (Phi) is 3.21. The van der Waals surface area contributed by atoms with Gasteiger partial charge in [-0.2, -0.15) is 0 Å². The summed E-state index contributed by atoms with van der Waals surface area (Å²) in [5.41, 5.74) is 6.31. The Hall–Kier alpha value is -1.89. The Labute approximate surface area is 116 Å². The van der Waals surface area contributed by atoms with Gasteiger partial charge >= 0.3 is 0 Å². The Balaban J connectivity index is 1.88. The number of rotatable bonds is 3. The molecule has 1 aromatic rings. The zero-order valence-electron chi connectivity index (χ0n) is 11.2. The summed E-state index contributed by atoms with van der Waals surface area (Å²) in [6, 6.07) is 1.63. The van der Waals surface area contributed by atoms with Crippen molar-refractivity contribution in [2.75, 3.05) is 13.1 Å². The Morgan fingerprint density at radius 2 is 2.15 bits per heavy atom. The predicted octanol–water partition coefficient (Wildman–Crippen LogP) is 1.29. The summed E-state index contributed by atoms with van der Waals surface area (Å²) in [6.45, 7) is 1.21. The first-order chi connectivity index (χ1) is 9.56. The molecule has 0 spiro atoms. The number of aromatic nitrogens is 1. The molecule has 0 unspecified atom stereocenters. The second-order valence-corrected chi connectivity index (χ2v) is 5.63. The molecule has 0 aromatic carbocycles. The fourth-order valence-corrected chi connectivity index (χ4v) is 2.75. The molecule has 1 atom stereocenters. The van der Waals surface area contributed by atoms with E-state index in [-0.39, 0.29) is 23.7 Å². The Morgan fingerprint density at radius 1 is 1.40 bits per heavy atom. The van der Waals surface area contributed by atoms with E-state index in [9.17, 15) is 14.9 Å². The van der Waals surface area contributed by atoms with Gasteiger partial charge in [0.1, 0.15) is 5.69 Å². The lowest BCUT2D eigenvalue weighted by molar-refractivity contribution is -0.384. The van der Waals surface area contributed by atoms with Gasteiger partial charge in [0.05, 0.1) is 11.1 Å². The zero-order valence-corrected chi connectivity index (χ0v) is 11.2. The third-order valence-corrected chi connectivity index (χ3v) is 3.95. The summed E-state index contributed by atoms with van der Waals surface area (Å²) in [7, 11) is 0. The van der Waals surface area contributed by atoms with E-state index in [0.29, 0.717) is 18.8 Å². The highest BCUT2D eigenvalue weighted by molar-refractivity contribution is 5.93. The third kappa shape index (κ3) is 2.40. The number of carbonyl (C=O) groups excluding carboxylic acids is 1. The molecule has 1 aliphatic heterocycles. The fraction of sp³-hybridized carbons (Fsp3) is 0.615. The van der Waals surface area contributed by atoms with Crippen LogP contribution in [-0.4, -0.2) is 39.4 Å². The van der Waals surface area contributed by atoms with Gasteiger partial charge in [-0.1, -0.05) is 0 Å². The largest absolute Gasteiger partial charge is 0.336 e. The number of likely N-dealkylation sites (tertiary alicyclic amines) is 1. The van der Waals surface area contributed by atoms with Crippen molar-refractivity contribution in [1.29, 1.82) is 0 Å². The Bertz CT molecular complexity index is 550. The average molecular weight is 278 g/mol. The molecule has 108 valence electrons. The molecule has 3 rings (SSSR count). The van der Waals surface area contributed by atoms with Crippen LogP contribution in [-0.2, 0) is 0 Å². The van der Waals surface area contributed by atoms with Crippen molar-refractivity contribution in [3.05, 3.63) is 28.1 Å². The van der Waals surface area contributed by atoms with E-state index < -0.39 is 4.92 Å². The molecule has 0 radical (unpaired) electrons. The number of piperidine rings is 1. The number of hydrogen-bond acceptors (Lipinski definition) is 4. The van der Waals surface area contributed by atoms with Crippen LogP contribution in [0, 0.1) is 10.1 Å². The van der Waals surface area contributed by atoms with Gasteiger partial charge in [0.15, 0.2) is 0 Å². The molecule has 1 aromatic heterocycles. The molecule has 2 heterocycles. The van der Waals surface area contributed by atoms with Crippen LogP contribution in [0.4, 0.5) is 5.69 Å². The SMILES string of the molecule is N[C@@H]1CCCN(C(=O)c2cc([N+](=O)[O-])cn2C2CC2)C1. The van der Waals surface area contributed by atoms with E-state index in [0.717, 1.165) is 25.7 Å². The van der Waals surface area contributed by atoms with Crippen LogP contribution in [0.25, 0.3) is 0 Å². The van der Waals surface area contributed by atoms with Crippen LogP contribution < -0.4 is 5.73 Å². The van der Waals surface area contributed by atoms with Gasteiger partial charge in [0, 0.05) is 31.2 Å². The number of carbonyl (C=O) groups is 1. The van der Waals surface area contributed by atoms with Gasteiger partial charge in [-0.25, -0.2) is 0 Å². The minimum atomic E-state index is -0.447. The van der Waals surface area contributed by atoms with Crippen LogP contribution in [0.1, 0.15) is 42.2 Å². The second kappa shape index (κ2) is 4.90. The number of nitrogens with two attached hydrogens (primary N) is 1. The van der Waals surface area contributed by atoms with E-state index >= 15 is 0 Å². The maximum atomic E-state index is 12.6. The molecule has 1 saturated heterocycles. The van der Waals surface area contributed by atoms with Crippen molar-refractivity contribution in [3.8, 4) is 0 Å². The maximum Gasteiger partial charge on any atom is 0.287 e. The molecule has 7 heteroatoms. The van der Waals surface area contributed by atoms with Crippen LogP contribution in [0.2, 0.25) is 0 Å². The van der Waals surface area contributed by atoms with Crippen molar-refractivity contribution in [2.24, 2.45) is 5.73 Å². The second-order valence-electron chi connectivity index (χ2n) is 5.63. The molecule has 7 nitrogen and oxygen atoms in total. The lowest BCUT2D eigenvalue weighted by atomic mass is 10.1. The van der Waals surface area contributed by atoms with E-state index in [4.69, 9.17) is 5.73 Å². The van der Waals surface area contributed by atoms with Gasteiger partial charge < -0.3 is 15.2 Å². The molecule has 2 N–H and O–H groups in total. The van der Waals surface area contributed by atoms with Crippen molar-refractivity contribution in [3.63, 3.8) is 0 Å². The third-order valence-electron chi connectivity index (χ3n) is 3.95. The van der Waals surface area contributed by atoms with Gasteiger partial charge in [0.2, 0.25) is 0 Å². The van der Waals surface area contributed by atoms with Crippen LogP contribution in [0.3, 0.4) is 0 Å². The predicted molar refractivity (Wildman–Crippen MR) is 72.5 cm³/mol. The molecule has 0 bridgehead atoms. The summed E-state index contributed by atoms with van der Waals surface area (Å²) in [5.74, 6) is -0.139. The minimum Gasteiger partial charge on any atom is -0.336 e. The first-order valence-corrected chi connectivity index (χ1v) is 6.97. The summed E-state index contributed by atoms with van der Waals surface area (Å²) >= 11 is 0. The molecule has 2 aliphatic rings. The minimum absolute atomic E-state index is 0.00650. The zero-order chi connectivity index (χ0) is 14.3. The van der Waals surface area contributed by atoms with Gasteiger partial charge in [-0.15, -0.1) is 0 Å². The normalized spacial score (nSPS) is 22.9. The molecule has 1 saturated carbocycles. The number of hydrogen-bond donors (Lipinski definition) is 1. The smallest absolute Gasteiger partial charge is 0.287 e. The van der Waals surface area contributed by atoms with Crippen LogP contribution >= 0.6 is 0 Å². The van der Waals surface area contributed by atoms with Crippen molar-refractivity contribution >= 4 is 11.6 Å². The number of nitro groups is 1. The highest BCUT2D eigenvalue weighted by Crippen LogP contribution is 2.38. The molecule has 2 fully saturated rings. The van der Waals surface area contributed by atoms with E-state index in [1.807, 2.05) is 0 Å².